The summed E-state index contributed by atoms with van der Waals surface area (Å²) in [6.07, 6.45) is 0. The predicted molar refractivity (Wildman–Crippen MR) is 72.2 cm³/mol. The first-order valence-electron chi connectivity index (χ1n) is 5.16. The number of carboxylic acid groups (broad SMARTS) is 1. The minimum atomic E-state index is -1.18. The summed E-state index contributed by atoms with van der Waals surface area (Å²) in [7, 11) is 0. The Labute approximate surface area is 119 Å². The van der Waals surface area contributed by atoms with Crippen LogP contribution in [0.3, 0.4) is 0 Å². The molecule has 0 fully saturated rings. The van der Waals surface area contributed by atoms with Gasteiger partial charge in [0, 0.05) is 11.1 Å². The molecule has 0 saturated carbocycles. The lowest BCUT2D eigenvalue weighted by molar-refractivity contribution is -0.138. The van der Waals surface area contributed by atoms with E-state index in [1.165, 1.54) is 26.0 Å². The van der Waals surface area contributed by atoms with E-state index in [1.54, 1.807) is 6.07 Å². The summed E-state index contributed by atoms with van der Waals surface area (Å²) in [6, 6.07) is 4.57. The Bertz CT molecular complexity index is 555. The molecule has 0 spiro atoms. The van der Waals surface area contributed by atoms with Crippen LogP contribution in [0.25, 0.3) is 0 Å². The summed E-state index contributed by atoms with van der Waals surface area (Å²) in [6.45, 7) is 2.68. The molecule has 102 valence electrons. The van der Waals surface area contributed by atoms with Crippen LogP contribution in [-0.2, 0) is 14.4 Å². The Morgan fingerprint density at radius 1 is 1.16 bits per heavy atom. The summed E-state index contributed by atoms with van der Waals surface area (Å²) in [5.41, 5.74) is 2.70. The topological polar surface area (TPSA) is 75.6 Å². The number of anilines is 1. The summed E-state index contributed by atoms with van der Waals surface area (Å²) in [5, 5.41) is 9.41. The highest BCUT2D eigenvalue weighted by Gasteiger charge is 2.14. The molecule has 0 aliphatic heterocycles. The molecule has 0 heterocycles. The number of nitrogens with one attached hydrogen (secondary N) is 1. The summed E-state index contributed by atoms with van der Waals surface area (Å²) in [4.78, 5) is 27.0. The second kappa shape index (κ2) is 6.45. The molecule has 1 aromatic rings. The molecule has 0 saturated heterocycles. The largest absolute Gasteiger partial charge is 0.478 e. The van der Waals surface area contributed by atoms with E-state index in [0.29, 0.717) is 15.7 Å². The number of rotatable bonds is 4. The normalized spacial score (nSPS) is 11.6. The summed E-state index contributed by atoms with van der Waals surface area (Å²) in [5.74, 6) is -1.96. The van der Waals surface area contributed by atoms with Crippen LogP contribution in [0, 0.1) is 0 Å². The zero-order valence-electron chi connectivity index (χ0n) is 10.2. The molecule has 0 amide bonds. The van der Waals surface area contributed by atoms with Crippen molar-refractivity contribution < 1.29 is 19.5 Å². The Balaban J connectivity index is 2.72. The number of benzene rings is 1. The standard InChI is InChI=1S/C12H11Cl2NO4/c1-6(11(16)17)7(2)12(18)19-15-8-3-4-9(13)10(14)5-8/h3-5,15H,1-2H3,(H,16,17)/b7-6+. The first kappa shape index (κ1) is 15.3. The minimum absolute atomic E-state index is 0.0000560. The number of halogens is 2. The molecule has 1 aromatic carbocycles. The Morgan fingerprint density at radius 2 is 1.79 bits per heavy atom. The third-order valence-electron chi connectivity index (χ3n) is 2.37. The van der Waals surface area contributed by atoms with Gasteiger partial charge in [-0.15, -0.1) is 0 Å². The molecule has 5 nitrogen and oxygen atoms in total. The van der Waals surface area contributed by atoms with Gasteiger partial charge in [0.25, 0.3) is 0 Å². The molecule has 0 aromatic heterocycles. The molecular formula is C12H11Cl2NO4. The van der Waals surface area contributed by atoms with E-state index < -0.39 is 11.9 Å². The van der Waals surface area contributed by atoms with E-state index in [9.17, 15) is 9.59 Å². The third-order valence-corrected chi connectivity index (χ3v) is 3.11. The zero-order chi connectivity index (χ0) is 14.6. The molecule has 0 aliphatic carbocycles. The van der Waals surface area contributed by atoms with Crippen LogP contribution >= 0.6 is 23.2 Å². The van der Waals surface area contributed by atoms with Crippen LogP contribution < -0.4 is 5.48 Å². The zero-order valence-corrected chi connectivity index (χ0v) is 11.7. The maximum absolute atomic E-state index is 11.5. The van der Waals surface area contributed by atoms with E-state index in [1.807, 2.05) is 0 Å². The minimum Gasteiger partial charge on any atom is -0.478 e. The van der Waals surface area contributed by atoms with Gasteiger partial charge in [0.2, 0.25) is 0 Å². The van der Waals surface area contributed by atoms with Crippen LogP contribution in [0.15, 0.2) is 29.3 Å². The predicted octanol–water partition coefficient (Wildman–Crippen LogP) is 3.28. The first-order chi connectivity index (χ1) is 8.82. The third kappa shape index (κ3) is 4.15. The van der Waals surface area contributed by atoms with Crippen molar-refractivity contribution in [3.63, 3.8) is 0 Å². The van der Waals surface area contributed by atoms with Crippen LogP contribution in [0.4, 0.5) is 5.69 Å². The molecule has 0 bridgehead atoms. The molecule has 1 rings (SSSR count). The summed E-state index contributed by atoms with van der Waals surface area (Å²) >= 11 is 11.5. The first-order valence-corrected chi connectivity index (χ1v) is 5.91. The highest BCUT2D eigenvalue weighted by atomic mass is 35.5. The van der Waals surface area contributed by atoms with Crippen LogP contribution in [0.5, 0.6) is 0 Å². The van der Waals surface area contributed by atoms with Gasteiger partial charge in [0.05, 0.1) is 15.7 Å². The number of hydrogen-bond donors (Lipinski definition) is 2. The number of carbonyl (C=O) groups is 2. The average molecular weight is 304 g/mol. The second-order valence-electron chi connectivity index (χ2n) is 3.68. The van der Waals surface area contributed by atoms with Crippen molar-refractivity contribution in [1.29, 1.82) is 0 Å². The van der Waals surface area contributed by atoms with Crippen LogP contribution in [0.1, 0.15) is 13.8 Å². The Morgan fingerprint density at radius 3 is 2.32 bits per heavy atom. The van der Waals surface area contributed by atoms with E-state index in [2.05, 4.69) is 5.48 Å². The number of carboxylic acids is 1. The molecular weight excluding hydrogens is 293 g/mol. The molecule has 7 heteroatoms. The van der Waals surface area contributed by atoms with Gasteiger partial charge < -0.3 is 9.94 Å². The van der Waals surface area contributed by atoms with Gasteiger partial charge >= 0.3 is 11.9 Å². The lowest BCUT2D eigenvalue weighted by Crippen LogP contribution is -2.14. The Hall–Kier alpha value is -1.72. The van der Waals surface area contributed by atoms with Crippen LogP contribution in [0.2, 0.25) is 10.0 Å². The molecule has 0 atom stereocenters. The summed E-state index contributed by atoms with van der Waals surface area (Å²) < 4.78 is 0. The van der Waals surface area contributed by atoms with Gasteiger partial charge in [-0.3, -0.25) is 0 Å². The quantitative estimate of drug-likeness (QED) is 0.659. The maximum atomic E-state index is 11.5. The number of aliphatic carboxylic acids is 1. The van der Waals surface area contributed by atoms with Gasteiger partial charge in [-0.05, 0) is 32.0 Å². The highest BCUT2D eigenvalue weighted by molar-refractivity contribution is 6.42. The molecule has 0 unspecified atom stereocenters. The Kier molecular flexibility index (Phi) is 5.20. The average Bonchev–Trinajstić information content (AvgIpc) is 2.37. The van der Waals surface area contributed by atoms with Crippen LogP contribution in [-0.4, -0.2) is 17.0 Å². The highest BCUT2D eigenvalue weighted by Crippen LogP contribution is 2.25. The fourth-order valence-electron chi connectivity index (χ4n) is 1.05. The maximum Gasteiger partial charge on any atom is 0.359 e. The van der Waals surface area contributed by atoms with Gasteiger partial charge in [0.1, 0.15) is 0 Å². The van der Waals surface area contributed by atoms with E-state index in [4.69, 9.17) is 33.1 Å². The van der Waals surface area contributed by atoms with E-state index in [0.717, 1.165) is 0 Å². The SMILES string of the molecule is C/C(C(=O)O)=C(/C)C(=O)ONc1ccc(Cl)c(Cl)c1. The van der Waals surface area contributed by atoms with Crippen molar-refractivity contribution in [3.8, 4) is 0 Å². The fourth-order valence-corrected chi connectivity index (χ4v) is 1.35. The van der Waals surface area contributed by atoms with Crippen molar-refractivity contribution in [2.45, 2.75) is 13.8 Å². The van der Waals surface area contributed by atoms with E-state index in [-0.39, 0.29) is 11.1 Å². The number of hydrogen-bond acceptors (Lipinski definition) is 4. The van der Waals surface area contributed by atoms with Crippen molar-refractivity contribution in [2.24, 2.45) is 0 Å². The lowest BCUT2D eigenvalue weighted by atomic mass is 10.1. The fraction of sp³-hybridized carbons (Fsp3) is 0.167. The smallest absolute Gasteiger partial charge is 0.359 e. The molecule has 2 N–H and O–H groups in total. The van der Waals surface area contributed by atoms with Gasteiger partial charge in [-0.1, -0.05) is 23.2 Å². The van der Waals surface area contributed by atoms with Crippen molar-refractivity contribution in [2.75, 3.05) is 5.48 Å². The van der Waals surface area contributed by atoms with Gasteiger partial charge in [-0.2, -0.15) is 0 Å². The van der Waals surface area contributed by atoms with Crippen molar-refractivity contribution in [1.82, 2.24) is 0 Å². The lowest BCUT2D eigenvalue weighted by Gasteiger charge is -2.08. The molecule has 0 radical (unpaired) electrons. The van der Waals surface area contributed by atoms with Gasteiger partial charge in [0.15, 0.2) is 0 Å². The monoisotopic (exact) mass is 303 g/mol. The number of carbonyl (C=O) groups excluding carboxylic acids is 1. The second-order valence-corrected chi connectivity index (χ2v) is 4.49. The molecule has 19 heavy (non-hydrogen) atoms. The van der Waals surface area contributed by atoms with Gasteiger partial charge in [-0.25, -0.2) is 15.1 Å². The molecule has 0 aliphatic rings. The van der Waals surface area contributed by atoms with Crippen molar-refractivity contribution >= 4 is 40.8 Å². The van der Waals surface area contributed by atoms with E-state index >= 15 is 0 Å². The van der Waals surface area contributed by atoms with Crippen molar-refractivity contribution in [3.05, 3.63) is 39.4 Å².